The van der Waals surface area contributed by atoms with Gasteiger partial charge in [0, 0.05) is 22.6 Å². The van der Waals surface area contributed by atoms with Crippen molar-refractivity contribution in [1.29, 1.82) is 0 Å². The van der Waals surface area contributed by atoms with Crippen molar-refractivity contribution in [3.63, 3.8) is 0 Å². The number of methoxy groups -OCH3 is 2. The fourth-order valence-corrected chi connectivity index (χ4v) is 4.77. The highest BCUT2D eigenvalue weighted by Gasteiger charge is 2.37. The largest absolute Gasteiger partial charge is 0.493 e. The van der Waals surface area contributed by atoms with E-state index in [2.05, 4.69) is 21.0 Å². The minimum atomic E-state index is -0.712. The van der Waals surface area contributed by atoms with Gasteiger partial charge in [0.1, 0.15) is 17.4 Å². The Bertz CT molecular complexity index is 1580. The molecule has 0 fully saturated rings. The van der Waals surface area contributed by atoms with Crippen LogP contribution in [0.25, 0.3) is 0 Å². The number of hydrogen-bond acceptors (Lipinski definition) is 6. The summed E-state index contributed by atoms with van der Waals surface area (Å²) in [4.78, 5) is 27.1. The van der Waals surface area contributed by atoms with Gasteiger partial charge in [0.15, 0.2) is 11.5 Å². The summed E-state index contributed by atoms with van der Waals surface area (Å²) in [5, 5.41) is 13.8. The maximum absolute atomic E-state index is 13.7. The van der Waals surface area contributed by atoms with Gasteiger partial charge < -0.3 is 25.4 Å². The number of benzene rings is 3. The SMILES string of the molecule is COc1cccc(C2C(C(=O)Nc3ccccc3)=C(C)Nc3c(C(=O)Nc4cccc(C)c4)cnn32)c1OC. The molecular formula is C30H29N5O4. The molecule has 0 aliphatic carbocycles. The Kier molecular flexibility index (Phi) is 7.05. The number of aryl methyl sites for hydroxylation is 1. The van der Waals surface area contributed by atoms with Gasteiger partial charge in [0.05, 0.1) is 26.0 Å². The number of nitrogens with one attached hydrogen (secondary N) is 3. The Morgan fingerprint density at radius 1 is 0.872 bits per heavy atom. The molecule has 0 radical (unpaired) electrons. The average molecular weight is 524 g/mol. The van der Waals surface area contributed by atoms with Crippen LogP contribution in [0.4, 0.5) is 17.2 Å². The van der Waals surface area contributed by atoms with Gasteiger partial charge >= 0.3 is 0 Å². The van der Waals surface area contributed by atoms with Gasteiger partial charge in [0.2, 0.25) is 0 Å². The molecule has 0 spiro atoms. The molecule has 9 nitrogen and oxygen atoms in total. The molecule has 3 N–H and O–H groups in total. The highest BCUT2D eigenvalue weighted by Crippen LogP contribution is 2.44. The molecule has 2 heterocycles. The lowest BCUT2D eigenvalue weighted by Crippen LogP contribution is -2.32. The van der Waals surface area contributed by atoms with Crippen molar-refractivity contribution in [3.05, 3.63) is 107 Å². The molecule has 2 amide bonds. The predicted molar refractivity (Wildman–Crippen MR) is 150 cm³/mol. The smallest absolute Gasteiger partial charge is 0.261 e. The Morgan fingerprint density at radius 3 is 2.31 bits per heavy atom. The molecule has 1 unspecified atom stereocenters. The van der Waals surface area contributed by atoms with E-state index < -0.39 is 6.04 Å². The predicted octanol–water partition coefficient (Wildman–Crippen LogP) is 5.39. The number of ether oxygens (including phenoxy) is 2. The quantitative estimate of drug-likeness (QED) is 0.300. The monoisotopic (exact) mass is 523 g/mol. The lowest BCUT2D eigenvalue weighted by molar-refractivity contribution is -0.113. The van der Waals surface area contributed by atoms with Gasteiger partial charge in [0.25, 0.3) is 11.8 Å². The minimum absolute atomic E-state index is 0.312. The zero-order chi connectivity index (χ0) is 27.5. The first-order valence-corrected chi connectivity index (χ1v) is 12.4. The summed E-state index contributed by atoms with van der Waals surface area (Å²) in [5.41, 5.74) is 4.36. The maximum Gasteiger partial charge on any atom is 0.261 e. The molecule has 5 rings (SSSR count). The number of carbonyl (C=O) groups excluding carboxylic acids is 2. The first kappa shape index (κ1) is 25.6. The molecule has 198 valence electrons. The second kappa shape index (κ2) is 10.7. The molecule has 0 saturated heterocycles. The number of anilines is 3. The second-order valence-corrected chi connectivity index (χ2v) is 9.14. The molecule has 3 aromatic carbocycles. The van der Waals surface area contributed by atoms with Gasteiger partial charge in [-0.3, -0.25) is 9.59 Å². The summed E-state index contributed by atoms with van der Waals surface area (Å²) in [5.74, 6) is 0.810. The summed E-state index contributed by atoms with van der Waals surface area (Å²) in [6.07, 6.45) is 1.50. The Balaban J connectivity index is 1.61. The highest BCUT2D eigenvalue weighted by atomic mass is 16.5. The van der Waals surface area contributed by atoms with Gasteiger partial charge in [-0.2, -0.15) is 5.10 Å². The normalized spacial score (nSPS) is 14.2. The number of rotatable bonds is 7. The van der Waals surface area contributed by atoms with E-state index >= 15 is 0 Å². The van der Waals surface area contributed by atoms with E-state index in [1.807, 2.05) is 73.7 Å². The lowest BCUT2D eigenvalue weighted by Gasteiger charge is -2.31. The second-order valence-electron chi connectivity index (χ2n) is 9.14. The number of allylic oxidation sites excluding steroid dienone is 1. The standard InChI is InChI=1S/C30H29N5O4/c1-18-10-8-13-21(16-18)34-29(36)23-17-31-35-26(22-14-9-15-24(38-3)27(22)39-4)25(19(2)32-28(23)35)30(37)33-20-11-6-5-7-12-20/h5-17,26,32H,1-4H3,(H,33,37)(H,34,36). The van der Waals surface area contributed by atoms with E-state index in [1.54, 1.807) is 31.9 Å². The van der Waals surface area contributed by atoms with E-state index in [0.29, 0.717) is 51.1 Å². The van der Waals surface area contributed by atoms with Crippen molar-refractivity contribution < 1.29 is 19.1 Å². The number of nitrogens with zero attached hydrogens (tertiary/aromatic N) is 2. The van der Waals surface area contributed by atoms with Crippen molar-refractivity contribution in [3.8, 4) is 11.5 Å². The molecule has 4 aromatic rings. The van der Waals surface area contributed by atoms with E-state index in [4.69, 9.17) is 9.47 Å². The summed E-state index contributed by atoms with van der Waals surface area (Å²) in [6.45, 7) is 3.76. The Morgan fingerprint density at radius 2 is 1.59 bits per heavy atom. The maximum atomic E-state index is 13.7. The number of carbonyl (C=O) groups is 2. The molecule has 1 atom stereocenters. The molecular weight excluding hydrogens is 494 g/mol. The van der Waals surface area contributed by atoms with Crippen molar-refractivity contribution in [1.82, 2.24) is 9.78 Å². The van der Waals surface area contributed by atoms with Gasteiger partial charge in [-0.1, -0.05) is 42.5 Å². The first-order chi connectivity index (χ1) is 18.9. The molecule has 0 bridgehead atoms. The summed E-state index contributed by atoms with van der Waals surface area (Å²) < 4.78 is 12.9. The number of para-hydroxylation sites is 2. The van der Waals surface area contributed by atoms with Crippen LogP contribution in [0.15, 0.2) is 90.3 Å². The zero-order valence-electron chi connectivity index (χ0n) is 22.1. The Labute approximate surface area is 226 Å². The van der Waals surface area contributed by atoms with Crippen molar-refractivity contribution in [2.75, 3.05) is 30.2 Å². The summed E-state index contributed by atoms with van der Waals surface area (Å²) in [6, 6.07) is 21.5. The highest BCUT2D eigenvalue weighted by molar-refractivity contribution is 6.09. The van der Waals surface area contributed by atoms with Crippen molar-refractivity contribution in [2.24, 2.45) is 0 Å². The number of fused-ring (bicyclic) bond motifs is 1. The fourth-order valence-electron chi connectivity index (χ4n) is 4.77. The number of aromatic nitrogens is 2. The van der Waals surface area contributed by atoms with Crippen LogP contribution in [0.2, 0.25) is 0 Å². The molecule has 1 aliphatic heterocycles. The lowest BCUT2D eigenvalue weighted by atomic mass is 9.93. The van der Waals surface area contributed by atoms with E-state index in [-0.39, 0.29) is 11.8 Å². The van der Waals surface area contributed by atoms with E-state index in [1.165, 1.54) is 6.20 Å². The molecule has 1 aromatic heterocycles. The van der Waals surface area contributed by atoms with Gasteiger partial charge in [-0.25, -0.2) is 4.68 Å². The van der Waals surface area contributed by atoms with Crippen LogP contribution >= 0.6 is 0 Å². The fraction of sp³-hybridized carbons (Fsp3) is 0.167. The van der Waals surface area contributed by atoms with Crippen LogP contribution in [-0.4, -0.2) is 35.8 Å². The zero-order valence-corrected chi connectivity index (χ0v) is 22.1. The number of hydrogen-bond donors (Lipinski definition) is 3. The average Bonchev–Trinajstić information content (AvgIpc) is 3.35. The number of amides is 2. The molecule has 0 saturated carbocycles. The minimum Gasteiger partial charge on any atom is -0.493 e. The third-order valence-electron chi connectivity index (χ3n) is 6.55. The summed E-state index contributed by atoms with van der Waals surface area (Å²) in [7, 11) is 3.11. The van der Waals surface area contributed by atoms with Crippen LogP contribution < -0.4 is 25.4 Å². The third-order valence-corrected chi connectivity index (χ3v) is 6.55. The van der Waals surface area contributed by atoms with E-state index in [0.717, 1.165) is 5.56 Å². The van der Waals surface area contributed by atoms with Crippen LogP contribution in [-0.2, 0) is 4.79 Å². The topological polar surface area (TPSA) is 107 Å². The van der Waals surface area contributed by atoms with Crippen LogP contribution in [0, 0.1) is 6.92 Å². The summed E-state index contributed by atoms with van der Waals surface area (Å²) >= 11 is 0. The van der Waals surface area contributed by atoms with Crippen LogP contribution in [0.1, 0.15) is 34.5 Å². The van der Waals surface area contributed by atoms with Gasteiger partial charge in [-0.05, 0) is 49.7 Å². The van der Waals surface area contributed by atoms with Crippen molar-refractivity contribution in [2.45, 2.75) is 19.9 Å². The van der Waals surface area contributed by atoms with E-state index in [9.17, 15) is 9.59 Å². The Hall–Kier alpha value is -5.05. The van der Waals surface area contributed by atoms with Crippen molar-refractivity contribution >= 4 is 29.0 Å². The van der Waals surface area contributed by atoms with Crippen LogP contribution in [0.3, 0.4) is 0 Å². The first-order valence-electron chi connectivity index (χ1n) is 12.4. The molecule has 9 heteroatoms. The molecule has 39 heavy (non-hydrogen) atoms. The van der Waals surface area contributed by atoms with Gasteiger partial charge in [-0.15, -0.1) is 0 Å². The van der Waals surface area contributed by atoms with Crippen LogP contribution in [0.5, 0.6) is 11.5 Å². The third kappa shape index (κ3) is 4.94. The molecule has 1 aliphatic rings.